The van der Waals surface area contributed by atoms with Crippen LogP contribution in [0.1, 0.15) is 31.7 Å². The van der Waals surface area contributed by atoms with E-state index in [0.29, 0.717) is 11.9 Å². The zero-order valence-electron chi connectivity index (χ0n) is 13.7. The lowest BCUT2D eigenvalue weighted by Crippen LogP contribution is -2.33. The van der Waals surface area contributed by atoms with Gasteiger partial charge in [0, 0.05) is 30.2 Å². The highest BCUT2D eigenvalue weighted by atomic mass is 16.1. The van der Waals surface area contributed by atoms with Crippen molar-refractivity contribution < 1.29 is 0 Å². The summed E-state index contributed by atoms with van der Waals surface area (Å²) in [5.74, 6) is 0.606. The highest BCUT2D eigenvalue weighted by Gasteiger charge is 2.24. The van der Waals surface area contributed by atoms with Gasteiger partial charge in [0.15, 0.2) is 5.82 Å². The molecule has 0 saturated heterocycles. The van der Waals surface area contributed by atoms with E-state index in [-0.39, 0.29) is 11.6 Å². The Balaban J connectivity index is 1.45. The first-order valence-corrected chi connectivity index (χ1v) is 8.41. The Kier molecular flexibility index (Phi) is 4.24. The number of nitrogens with one attached hydrogen (secondary N) is 1. The maximum atomic E-state index is 12.2. The second-order valence-corrected chi connectivity index (χ2v) is 6.20. The molecule has 1 aliphatic rings. The van der Waals surface area contributed by atoms with Gasteiger partial charge in [-0.3, -0.25) is 9.78 Å². The molecule has 0 spiro atoms. The largest absolute Gasteiger partial charge is 0.382 e. The minimum Gasteiger partial charge on any atom is -0.382 e. The van der Waals surface area contributed by atoms with E-state index in [0.717, 1.165) is 31.4 Å². The van der Waals surface area contributed by atoms with Gasteiger partial charge >= 0.3 is 0 Å². The normalized spacial score (nSPS) is 20.3. The zero-order chi connectivity index (χ0) is 17.1. The molecule has 0 bridgehead atoms. The predicted octanol–water partition coefficient (Wildman–Crippen LogP) is 1.81. The summed E-state index contributed by atoms with van der Waals surface area (Å²) in [6.45, 7) is 0. The summed E-state index contributed by atoms with van der Waals surface area (Å²) in [6.07, 6.45) is 10.4. The lowest BCUT2D eigenvalue weighted by Gasteiger charge is -2.30. The second-order valence-electron chi connectivity index (χ2n) is 6.20. The van der Waals surface area contributed by atoms with E-state index in [2.05, 4.69) is 25.5 Å². The number of pyridine rings is 1. The third-order valence-electron chi connectivity index (χ3n) is 4.56. The van der Waals surface area contributed by atoms with Gasteiger partial charge in [-0.25, -0.2) is 14.3 Å². The third-order valence-corrected chi connectivity index (χ3v) is 4.56. The van der Waals surface area contributed by atoms with Gasteiger partial charge in [-0.2, -0.15) is 5.10 Å². The molecule has 25 heavy (non-hydrogen) atoms. The van der Waals surface area contributed by atoms with Crippen molar-refractivity contribution in [3.05, 3.63) is 59.7 Å². The quantitative estimate of drug-likeness (QED) is 0.781. The molecule has 8 nitrogen and oxygen atoms in total. The van der Waals surface area contributed by atoms with E-state index in [1.807, 2.05) is 12.1 Å². The van der Waals surface area contributed by atoms with Crippen molar-refractivity contribution in [3.8, 4) is 5.82 Å². The maximum Gasteiger partial charge on any atom is 0.267 e. The molecule has 0 unspecified atom stereocenters. The van der Waals surface area contributed by atoms with Gasteiger partial charge in [0.2, 0.25) is 0 Å². The van der Waals surface area contributed by atoms with Crippen LogP contribution in [0.5, 0.6) is 0 Å². The summed E-state index contributed by atoms with van der Waals surface area (Å²) >= 11 is 0. The van der Waals surface area contributed by atoms with Gasteiger partial charge in [0.25, 0.3) is 5.56 Å². The van der Waals surface area contributed by atoms with Crippen LogP contribution in [0.15, 0.2) is 54.1 Å². The molecule has 0 amide bonds. The summed E-state index contributed by atoms with van der Waals surface area (Å²) in [5, 5.41) is 12.1. The summed E-state index contributed by atoms with van der Waals surface area (Å²) in [7, 11) is 0. The van der Waals surface area contributed by atoms with E-state index in [1.165, 1.54) is 6.33 Å². The fraction of sp³-hybridized carbons (Fsp3) is 0.353. The first-order valence-electron chi connectivity index (χ1n) is 8.41. The van der Waals surface area contributed by atoms with Crippen LogP contribution in [0.25, 0.3) is 5.82 Å². The van der Waals surface area contributed by atoms with E-state index < -0.39 is 0 Å². The van der Waals surface area contributed by atoms with Crippen molar-refractivity contribution in [2.45, 2.75) is 37.8 Å². The van der Waals surface area contributed by atoms with Crippen molar-refractivity contribution >= 4 is 5.69 Å². The summed E-state index contributed by atoms with van der Waals surface area (Å²) in [4.78, 5) is 20.2. The van der Waals surface area contributed by atoms with Crippen LogP contribution in [0.3, 0.4) is 0 Å². The van der Waals surface area contributed by atoms with Crippen LogP contribution >= 0.6 is 0 Å². The molecule has 0 aromatic carbocycles. The van der Waals surface area contributed by atoms with Gasteiger partial charge in [0.05, 0.1) is 6.04 Å². The standard InChI is InChI=1S/C17H19N7O/c25-17-6-5-16(23-12-19-11-20-23)22-24(17)15-3-1-13(2-4-15)21-14-7-9-18-10-8-14/h5-13,15H,1-4H2,(H,18,21). The van der Waals surface area contributed by atoms with Gasteiger partial charge in [-0.05, 0) is 43.9 Å². The van der Waals surface area contributed by atoms with Crippen LogP contribution in [0.2, 0.25) is 0 Å². The van der Waals surface area contributed by atoms with E-state index in [4.69, 9.17) is 0 Å². The maximum absolute atomic E-state index is 12.2. The molecule has 1 saturated carbocycles. The minimum atomic E-state index is -0.0746. The second kappa shape index (κ2) is 6.84. The molecular formula is C17H19N7O. The molecule has 0 radical (unpaired) electrons. The molecule has 0 aliphatic heterocycles. The Morgan fingerprint density at radius 1 is 1.00 bits per heavy atom. The average Bonchev–Trinajstić information content (AvgIpc) is 3.19. The molecule has 3 heterocycles. The molecule has 128 valence electrons. The zero-order valence-corrected chi connectivity index (χ0v) is 13.7. The van der Waals surface area contributed by atoms with Gasteiger partial charge in [-0.15, -0.1) is 5.10 Å². The molecule has 1 fully saturated rings. The number of aromatic nitrogens is 6. The Morgan fingerprint density at radius 2 is 1.80 bits per heavy atom. The van der Waals surface area contributed by atoms with Crippen molar-refractivity contribution in [2.24, 2.45) is 0 Å². The number of hydrogen-bond acceptors (Lipinski definition) is 6. The molecule has 0 atom stereocenters. The van der Waals surface area contributed by atoms with E-state index >= 15 is 0 Å². The fourth-order valence-corrected chi connectivity index (χ4v) is 3.27. The number of nitrogens with zero attached hydrogens (tertiary/aromatic N) is 6. The van der Waals surface area contributed by atoms with E-state index in [9.17, 15) is 4.79 Å². The van der Waals surface area contributed by atoms with Gasteiger partial charge in [-0.1, -0.05) is 0 Å². The van der Waals surface area contributed by atoms with E-state index in [1.54, 1.807) is 40.2 Å². The SMILES string of the molecule is O=c1ccc(-n2cncn2)nn1C1CCC(Nc2ccncc2)CC1. The predicted molar refractivity (Wildman–Crippen MR) is 92.6 cm³/mol. The van der Waals surface area contributed by atoms with Crippen molar-refractivity contribution in [2.75, 3.05) is 5.32 Å². The van der Waals surface area contributed by atoms with Gasteiger partial charge in [0.1, 0.15) is 12.7 Å². The van der Waals surface area contributed by atoms with Crippen LogP contribution in [0, 0.1) is 0 Å². The summed E-state index contributed by atoms with van der Waals surface area (Å²) in [5.41, 5.74) is 1.01. The first-order chi connectivity index (χ1) is 12.3. The fourth-order valence-electron chi connectivity index (χ4n) is 3.27. The Bertz CT molecular complexity index is 868. The lowest BCUT2D eigenvalue weighted by molar-refractivity contribution is 0.303. The highest BCUT2D eigenvalue weighted by molar-refractivity contribution is 5.41. The molecule has 8 heteroatoms. The Morgan fingerprint density at radius 3 is 2.52 bits per heavy atom. The molecule has 4 rings (SSSR count). The molecule has 3 aromatic rings. The molecule has 1 aliphatic carbocycles. The highest BCUT2D eigenvalue weighted by Crippen LogP contribution is 2.28. The molecule has 3 aromatic heterocycles. The topological polar surface area (TPSA) is 90.5 Å². The first kappa shape index (κ1) is 15.5. The number of rotatable bonds is 4. The third kappa shape index (κ3) is 3.42. The number of hydrogen-bond donors (Lipinski definition) is 1. The smallest absolute Gasteiger partial charge is 0.267 e. The van der Waals surface area contributed by atoms with Crippen molar-refractivity contribution in [1.82, 2.24) is 29.5 Å². The molecular weight excluding hydrogens is 318 g/mol. The Hall–Kier alpha value is -3.03. The van der Waals surface area contributed by atoms with Crippen molar-refractivity contribution in [1.29, 1.82) is 0 Å². The van der Waals surface area contributed by atoms with Gasteiger partial charge < -0.3 is 5.32 Å². The van der Waals surface area contributed by atoms with Crippen LogP contribution < -0.4 is 10.9 Å². The van der Waals surface area contributed by atoms with Crippen LogP contribution in [-0.2, 0) is 0 Å². The average molecular weight is 337 g/mol. The van der Waals surface area contributed by atoms with Crippen LogP contribution in [0.4, 0.5) is 5.69 Å². The van der Waals surface area contributed by atoms with Crippen LogP contribution in [-0.4, -0.2) is 35.6 Å². The minimum absolute atomic E-state index is 0.0746. The monoisotopic (exact) mass is 337 g/mol. The lowest BCUT2D eigenvalue weighted by atomic mass is 9.91. The van der Waals surface area contributed by atoms with Crippen molar-refractivity contribution in [3.63, 3.8) is 0 Å². The number of anilines is 1. The molecule has 1 N–H and O–H groups in total. The Labute approximate surface area is 144 Å². The summed E-state index contributed by atoms with van der Waals surface area (Å²) < 4.78 is 3.16. The summed E-state index contributed by atoms with van der Waals surface area (Å²) in [6, 6.07) is 7.69.